The minimum atomic E-state index is -0.457. The Hall–Kier alpha value is -1.60. The molecule has 20 heavy (non-hydrogen) atoms. The van der Waals surface area contributed by atoms with Gasteiger partial charge in [-0.1, -0.05) is 0 Å². The van der Waals surface area contributed by atoms with E-state index >= 15 is 0 Å². The molecule has 1 aromatic rings. The molecule has 1 saturated heterocycles. The van der Waals surface area contributed by atoms with E-state index in [1.807, 2.05) is 0 Å². The molecule has 1 aliphatic rings. The Balaban J connectivity index is 2.05. The molecule has 2 N–H and O–H groups in total. The fraction of sp³-hybridized carbons (Fsp3) is 0.462. The van der Waals surface area contributed by atoms with Gasteiger partial charge >= 0.3 is 0 Å². The summed E-state index contributed by atoms with van der Waals surface area (Å²) in [5.41, 5.74) is 0.302. The first-order valence-corrected chi connectivity index (χ1v) is 7.68. The van der Waals surface area contributed by atoms with Gasteiger partial charge in [0.15, 0.2) is 0 Å². The van der Waals surface area contributed by atoms with E-state index in [0.29, 0.717) is 23.0 Å². The summed E-state index contributed by atoms with van der Waals surface area (Å²) in [6, 6.07) is 4.88. The van der Waals surface area contributed by atoms with Crippen LogP contribution in [-0.4, -0.2) is 36.2 Å². The van der Waals surface area contributed by atoms with E-state index in [2.05, 4.69) is 10.6 Å². The molecule has 6 nitrogen and oxygen atoms in total. The van der Waals surface area contributed by atoms with Crippen LogP contribution < -0.4 is 10.6 Å². The maximum Gasteiger partial charge on any atom is 0.283 e. The average Bonchev–Trinajstić information content (AvgIpc) is 2.97. The van der Waals surface area contributed by atoms with Crippen molar-refractivity contribution < 1.29 is 9.72 Å². The second kappa shape index (κ2) is 6.71. The Kier molecular flexibility index (Phi) is 4.97. The first-order valence-electron chi connectivity index (χ1n) is 6.46. The number of hydrogen-bond donors (Lipinski definition) is 2. The largest absolute Gasteiger partial charge is 0.350 e. The molecule has 1 unspecified atom stereocenters. The van der Waals surface area contributed by atoms with Gasteiger partial charge in [0, 0.05) is 24.2 Å². The number of nitro groups is 1. The third-order valence-corrected chi connectivity index (χ3v) is 4.09. The number of carbonyl (C=O) groups is 1. The Labute approximate surface area is 121 Å². The fourth-order valence-electron chi connectivity index (χ4n) is 2.22. The Morgan fingerprint density at radius 2 is 2.40 bits per heavy atom. The van der Waals surface area contributed by atoms with Crippen molar-refractivity contribution in [2.45, 2.75) is 23.8 Å². The number of hydrogen-bond acceptors (Lipinski definition) is 5. The Bertz CT molecular complexity index is 516. The van der Waals surface area contributed by atoms with Crippen molar-refractivity contribution in [3.8, 4) is 0 Å². The van der Waals surface area contributed by atoms with E-state index in [9.17, 15) is 14.9 Å². The van der Waals surface area contributed by atoms with Crippen LogP contribution in [-0.2, 0) is 0 Å². The number of carbonyl (C=O) groups excluding carboxylic acids is 1. The monoisotopic (exact) mass is 295 g/mol. The maximum absolute atomic E-state index is 12.0. The minimum absolute atomic E-state index is 0.0239. The van der Waals surface area contributed by atoms with E-state index in [4.69, 9.17) is 0 Å². The summed E-state index contributed by atoms with van der Waals surface area (Å²) in [4.78, 5) is 23.1. The lowest BCUT2D eigenvalue weighted by molar-refractivity contribution is -0.387. The van der Waals surface area contributed by atoms with E-state index < -0.39 is 4.92 Å². The van der Waals surface area contributed by atoms with Gasteiger partial charge in [0.1, 0.15) is 0 Å². The summed E-state index contributed by atoms with van der Waals surface area (Å²) in [6.45, 7) is 1.53. The first kappa shape index (κ1) is 14.8. The van der Waals surface area contributed by atoms with Gasteiger partial charge in [-0.25, -0.2) is 0 Å². The third-order valence-electron chi connectivity index (χ3n) is 3.31. The van der Waals surface area contributed by atoms with Gasteiger partial charge < -0.3 is 10.6 Å². The quantitative estimate of drug-likeness (QED) is 0.491. The number of amides is 1. The molecule has 1 atom stereocenters. The van der Waals surface area contributed by atoms with Crippen molar-refractivity contribution in [2.75, 3.05) is 19.3 Å². The van der Waals surface area contributed by atoms with Crippen LogP contribution in [0.2, 0.25) is 0 Å². The molecule has 1 amide bonds. The van der Waals surface area contributed by atoms with Gasteiger partial charge in [-0.2, -0.15) is 0 Å². The molecule has 0 saturated carbocycles. The number of benzene rings is 1. The molecule has 1 aliphatic heterocycles. The normalized spacial score (nSPS) is 17.9. The summed E-state index contributed by atoms with van der Waals surface area (Å²) in [5, 5.41) is 17.1. The number of nitrogens with zero attached hydrogens (tertiary/aromatic N) is 1. The number of nitro benzene ring substituents is 1. The van der Waals surface area contributed by atoms with Crippen molar-refractivity contribution in [3.63, 3.8) is 0 Å². The van der Waals surface area contributed by atoms with Gasteiger partial charge in [-0.3, -0.25) is 14.9 Å². The van der Waals surface area contributed by atoms with Crippen LogP contribution in [0.5, 0.6) is 0 Å². The second-order valence-electron chi connectivity index (χ2n) is 4.65. The molecule has 0 radical (unpaired) electrons. The Morgan fingerprint density at radius 1 is 1.60 bits per heavy atom. The molecule has 1 fully saturated rings. The van der Waals surface area contributed by atoms with Gasteiger partial charge in [0.25, 0.3) is 11.6 Å². The molecule has 1 heterocycles. The molecule has 2 rings (SSSR count). The highest BCUT2D eigenvalue weighted by atomic mass is 32.2. The van der Waals surface area contributed by atoms with Crippen molar-refractivity contribution in [2.24, 2.45) is 0 Å². The predicted octanol–water partition coefficient (Wildman–Crippen LogP) is 1.80. The standard InChI is InChI=1S/C13H17N3O3S/c1-20-12-5-4-9(7-11(12)16(18)19)13(17)15-8-10-3-2-6-14-10/h4-5,7,10,14H,2-3,6,8H2,1H3,(H,15,17). The van der Waals surface area contributed by atoms with E-state index in [1.54, 1.807) is 18.4 Å². The third kappa shape index (κ3) is 3.49. The average molecular weight is 295 g/mol. The summed E-state index contributed by atoms with van der Waals surface area (Å²) in [5.74, 6) is -0.269. The Morgan fingerprint density at radius 3 is 3.00 bits per heavy atom. The van der Waals surface area contributed by atoms with Gasteiger partial charge in [0.05, 0.1) is 9.82 Å². The molecule has 0 aromatic heterocycles. The van der Waals surface area contributed by atoms with Gasteiger partial charge in [-0.15, -0.1) is 11.8 Å². The highest BCUT2D eigenvalue weighted by molar-refractivity contribution is 7.98. The van der Waals surface area contributed by atoms with E-state index in [-0.39, 0.29) is 11.6 Å². The summed E-state index contributed by atoms with van der Waals surface area (Å²) in [7, 11) is 0. The lowest BCUT2D eigenvalue weighted by atomic mass is 10.1. The number of thioether (sulfide) groups is 1. The summed E-state index contributed by atoms with van der Waals surface area (Å²) < 4.78 is 0. The van der Waals surface area contributed by atoms with Crippen LogP contribution in [0.4, 0.5) is 5.69 Å². The maximum atomic E-state index is 12.0. The van der Waals surface area contributed by atoms with Crippen LogP contribution in [0.25, 0.3) is 0 Å². The molecule has 0 bridgehead atoms. The molecule has 1 aromatic carbocycles. The fourth-order valence-corrected chi connectivity index (χ4v) is 2.77. The van der Waals surface area contributed by atoms with E-state index in [1.165, 1.54) is 17.8 Å². The molecular weight excluding hydrogens is 278 g/mol. The smallest absolute Gasteiger partial charge is 0.283 e. The van der Waals surface area contributed by atoms with Crippen molar-refractivity contribution in [3.05, 3.63) is 33.9 Å². The molecule has 108 valence electrons. The second-order valence-corrected chi connectivity index (χ2v) is 5.50. The molecule has 7 heteroatoms. The van der Waals surface area contributed by atoms with Crippen LogP contribution in [0, 0.1) is 10.1 Å². The van der Waals surface area contributed by atoms with Crippen LogP contribution in [0.15, 0.2) is 23.1 Å². The SMILES string of the molecule is CSc1ccc(C(=O)NCC2CCCN2)cc1[N+](=O)[O-]. The molecule has 0 spiro atoms. The highest BCUT2D eigenvalue weighted by Crippen LogP contribution is 2.28. The van der Waals surface area contributed by atoms with Crippen LogP contribution in [0.3, 0.4) is 0 Å². The lowest BCUT2D eigenvalue weighted by Crippen LogP contribution is -2.37. The van der Waals surface area contributed by atoms with Crippen molar-refractivity contribution in [1.82, 2.24) is 10.6 Å². The molecular formula is C13H17N3O3S. The first-order chi connectivity index (χ1) is 9.61. The number of rotatable bonds is 5. The van der Waals surface area contributed by atoms with Gasteiger partial charge in [0.2, 0.25) is 0 Å². The van der Waals surface area contributed by atoms with Crippen molar-refractivity contribution in [1.29, 1.82) is 0 Å². The van der Waals surface area contributed by atoms with E-state index in [0.717, 1.165) is 19.4 Å². The number of nitrogens with one attached hydrogen (secondary N) is 2. The summed E-state index contributed by atoms with van der Waals surface area (Å²) in [6.07, 6.45) is 3.94. The lowest BCUT2D eigenvalue weighted by Gasteiger charge is -2.11. The predicted molar refractivity (Wildman–Crippen MR) is 78.2 cm³/mol. The zero-order valence-electron chi connectivity index (χ0n) is 11.2. The summed E-state index contributed by atoms with van der Waals surface area (Å²) >= 11 is 1.29. The van der Waals surface area contributed by atoms with Crippen molar-refractivity contribution >= 4 is 23.4 Å². The van der Waals surface area contributed by atoms with Crippen LogP contribution >= 0.6 is 11.8 Å². The highest BCUT2D eigenvalue weighted by Gasteiger charge is 2.18. The topological polar surface area (TPSA) is 84.3 Å². The molecule has 0 aliphatic carbocycles. The zero-order chi connectivity index (χ0) is 14.5. The van der Waals surface area contributed by atoms with Crippen LogP contribution in [0.1, 0.15) is 23.2 Å². The van der Waals surface area contributed by atoms with Gasteiger partial charge in [-0.05, 0) is 37.8 Å². The minimum Gasteiger partial charge on any atom is -0.350 e. The zero-order valence-corrected chi connectivity index (χ0v) is 12.0.